The van der Waals surface area contributed by atoms with Crippen molar-refractivity contribution in [2.75, 3.05) is 13.1 Å². The number of aryl methyl sites for hydroxylation is 1. The van der Waals surface area contributed by atoms with E-state index in [9.17, 15) is 4.79 Å². The third-order valence-electron chi connectivity index (χ3n) is 4.70. The summed E-state index contributed by atoms with van der Waals surface area (Å²) in [4.78, 5) is 23.2. The minimum atomic E-state index is 0.0936. The van der Waals surface area contributed by atoms with Crippen LogP contribution in [-0.4, -0.2) is 38.3 Å². The van der Waals surface area contributed by atoms with Crippen LogP contribution in [0.4, 0.5) is 0 Å². The van der Waals surface area contributed by atoms with Crippen LogP contribution in [0.2, 0.25) is 0 Å². The number of hydrogen-bond acceptors (Lipinski definition) is 3. The van der Waals surface area contributed by atoms with Crippen LogP contribution >= 0.6 is 0 Å². The van der Waals surface area contributed by atoms with Gasteiger partial charge in [-0.15, -0.1) is 0 Å². The van der Waals surface area contributed by atoms with E-state index in [1.807, 2.05) is 17.9 Å². The van der Waals surface area contributed by atoms with Crippen molar-refractivity contribution < 1.29 is 4.79 Å². The molecule has 24 heavy (non-hydrogen) atoms. The first kappa shape index (κ1) is 14.9. The van der Waals surface area contributed by atoms with Gasteiger partial charge < -0.3 is 9.30 Å². The fraction of sp³-hybridized carbons (Fsp3) is 0.316. The molecule has 0 unspecified atom stereocenters. The second-order valence-electron chi connectivity index (χ2n) is 6.39. The second-order valence-corrected chi connectivity index (χ2v) is 6.39. The maximum Gasteiger partial charge on any atom is 0.253 e. The Bertz CT molecular complexity index is 871. The van der Waals surface area contributed by atoms with Gasteiger partial charge in [0.1, 0.15) is 5.65 Å². The van der Waals surface area contributed by atoms with Crippen molar-refractivity contribution in [3.8, 4) is 0 Å². The molecule has 0 N–H and O–H groups in total. The number of carbonyl (C=O) groups is 1. The summed E-state index contributed by atoms with van der Waals surface area (Å²) >= 11 is 0. The predicted octanol–water partition coefficient (Wildman–Crippen LogP) is 3.06. The lowest BCUT2D eigenvalue weighted by Gasteiger charge is -2.33. The zero-order valence-electron chi connectivity index (χ0n) is 13.7. The molecule has 0 aliphatic carbocycles. The smallest absolute Gasteiger partial charge is 0.253 e. The number of piperidine rings is 1. The van der Waals surface area contributed by atoms with Crippen LogP contribution in [0.3, 0.4) is 0 Å². The van der Waals surface area contributed by atoms with Gasteiger partial charge in [-0.1, -0.05) is 6.07 Å². The number of nitrogens with zero attached hydrogens (tertiary/aromatic N) is 4. The van der Waals surface area contributed by atoms with E-state index in [0.29, 0.717) is 11.5 Å². The van der Waals surface area contributed by atoms with E-state index in [2.05, 4.69) is 32.7 Å². The monoisotopic (exact) mass is 320 g/mol. The van der Waals surface area contributed by atoms with Crippen molar-refractivity contribution in [2.45, 2.75) is 25.7 Å². The van der Waals surface area contributed by atoms with Gasteiger partial charge in [-0.2, -0.15) is 0 Å². The highest BCUT2D eigenvalue weighted by Gasteiger charge is 2.26. The third-order valence-corrected chi connectivity index (χ3v) is 4.70. The lowest BCUT2D eigenvalue weighted by atomic mass is 9.93. The Labute approximate surface area is 141 Å². The van der Waals surface area contributed by atoms with E-state index in [1.165, 1.54) is 5.69 Å². The summed E-state index contributed by atoms with van der Waals surface area (Å²) in [6.07, 6.45) is 7.53. The van der Waals surface area contributed by atoms with Gasteiger partial charge in [0.25, 0.3) is 5.91 Å². The van der Waals surface area contributed by atoms with Gasteiger partial charge in [0.15, 0.2) is 0 Å². The number of pyridine rings is 2. The SMILES string of the molecule is Cc1cn2c([C@@H]3CCCN(C(=O)c4ccncc4)C3)cccc2n1. The molecule has 1 amide bonds. The molecule has 1 aliphatic heterocycles. The zero-order chi connectivity index (χ0) is 16.5. The zero-order valence-corrected chi connectivity index (χ0v) is 13.7. The third kappa shape index (κ3) is 2.66. The molecular weight excluding hydrogens is 300 g/mol. The van der Waals surface area contributed by atoms with Crippen molar-refractivity contribution in [3.05, 3.63) is 65.9 Å². The molecule has 0 radical (unpaired) electrons. The van der Waals surface area contributed by atoms with Gasteiger partial charge in [-0.05, 0) is 44.0 Å². The standard InChI is InChI=1S/C19H20N4O/c1-14-12-23-17(5-2-6-18(23)21-14)16-4-3-11-22(13-16)19(24)15-7-9-20-10-8-15/h2,5-10,12,16H,3-4,11,13H2,1H3/t16-/m1/s1. The molecule has 1 fully saturated rings. The van der Waals surface area contributed by atoms with Crippen LogP contribution < -0.4 is 0 Å². The van der Waals surface area contributed by atoms with E-state index in [-0.39, 0.29) is 5.91 Å². The molecule has 0 saturated carbocycles. The lowest BCUT2D eigenvalue weighted by Crippen LogP contribution is -2.39. The summed E-state index contributed by atoms with van der Waals surface area (Å²) in [6, 6.07) is 9.80. The molecule has 3 aromatic heterocycles. The Morgan fingerprint density at radius 2 is 2.04 bits per heavy atom. The number of aromatic nitrogens is 3. The summed E-state index contributed by atoms with van der Waals surface area (Å²) in [6.45, 7) is 3.57. The Morgan fingerprint density at radius 1 is 1.21 bits per heavy atom. The van der Waals surface area contributed by atoms with Crippen molar-refractivity contribution in [1.82, 2.24) is 19.3 Å². The van der Waals surface area contributed by atoms with Gasteiger partial charge in [-0.25, -0.2) is 4.98 Å². The molecule has 1 aliphatic rings. The molecule has 0 aromatic carbocycles. The largest absolute Gasteiger partial charge is 0.338 e. The Kier molecular flexibility index (Phi) is 3.76. The number of imidazole rings is 1. The Balaban J connectivity index is 1.61. The number of rotatable bonds is 2. The highest BCUT2D eigenvalue weighted by atomic mass is 16.2. The maximum absolute atomic E-state index is 12.7. The predicted molar refractivity (Wildman–Crippen MR) is 92.0 cm³/mol. The molecule has 1 saturated heterocycles. The van der Waals surface area contributed by atoms with Crippen LogP contribution in [0.15, 0.2) is 48.9 Å². The molecule has 4 rings (SSSR count). The first-order valence-corrected chi connectivity index (χ1v) is 8.36. The molecule has 0 spiro atoms. The van der Waals surface area contributed by atoms with Gasteiger partial charge in [0.05, 0.1) is 5.69 Å². The molecule has 3 aromatic rings. The van der Waals surface area contributed by atoms with Crippen LogP contribution in [0.1, 0.15) is 40.5 Å². The van der Waals surface area contributed by atoms with Crippen molar-refractivity contribution in [1.29, 1.82) is 0 Å². The highest BCUT2D eigenvalue weighted by Crippen LogP contribution is 2.28. The van der Waals surface area contributed by atoms with Crippen LogP contribution in [0, 0.1) is 6.92 Å². The number of amides is 1. The van der Waals surface area contributed by atoms with E-state index in [0.717, 1.165) is 37.3 Å². The minimum absolute atomic E-state index is 0.0936. The Morgan fingerprint density at radius 3 is 2.88 bits per heavy atom. The van der Waals surface area contributed by atoms with Crippen molar-refractivity contribution in [2.24, 2.45) is 0 Å². The normalized spacial score (nSPS) is 18.0. The van der Waals surface area contributed by atoms with E-state index >= 15 is 0 Å². The molecule has 5 heteroatoms. The van der Waals surface area contributed by atoms with Gasteiger partial charge in [0, 0.05) is 48.9 Å². The first-order valence-electron chi connectivity index (χ1n) is 8.36. The average molecular weight is 320 g/mol. The number of likely N-dealkylation sites (tertiary alicyclic amines) is 1. The van der Waals surface area contributed by atoms with Crippen molar-refractivity contribution >= 4 is 11.6 Å². The number of hydrogen-bond donors (Lipinski definition) is 0. The van der Waals surface area contributed by atoms with Crippen molar-refractivity contribution in [3.63, 3.8) is 0 Å². The molecule has 4 heterocycles. The quantitative estimate of drug-likeness (QED) is 0.729. The molecule has 122 valence electrons. The highest BCUT2D eigenvalue weighted by molar-refractivity contribution is 5.94. The minimum Gasteiger partial charge on any atom is -0.338 e. The van der Waals surface area contributed by atoms with Gasteiger partial charge in [-0.3, -0.25) is 9.78 Å². The van der Waals surface area contributed by atoms with Crippen LogP contribution in [0.25, 0.3) is 5.65 Å². The lowest BCUT2D eigenvalue weighted by molar-refractivity contribution is 0.0705. The summed E-state index contributed by atoms with van der Waals surface area (Å²) in [7, 11) is 0. The summed E-state index contributed by atoms with van der Waals surface area (Å²) in [5.41, 5.74) is 3.94. The molecule has 0 bridgehead atoms. The second kappa shape index (κ2) is 6.07. The first-order chi connectivity index (χ1) is 11.7. The van der Waals surface area contributed by atoms with Gasteiger partial charge in [0.2, 0.25) is 0 Å². The topological polar surface area (TPSA) is 50.5 Å². The molecule has 5 nitrogen and oxygen atoms in total. The van der Waals surface area contributed by atoms with E-state index in [4.69, 9.17) is 0 Å². The maximum atomic E-state index is 12.7. The fourth-order valence-electron chi connectivity index (χ4n) is 3.57. The average Bonchev–Trinajstić information content (AvgIpc) is 3.02. The summed E-state index contributed by atoms with van der Waals surface area (Å²) in [5.74, 6) is 0.429. The van der Waals surface area contributed by atoms with Crippen LogP contribution in [-0.2, 0) is 0 Å². The van der Waals surface area contributed by atoms with Gasteiger partial charge >= 0.3 is 0 Å². The fourth-order valence-corrected chi connectivity index (χ4v) is 3.57. The number of fused-ring (bicyclic) bond motifs is 1. The van der Waals surface area contributed by atoms with E-state index in [1.54, 1.807) is 24.5 Å². The molecular formula is C19H20N4O. The summed E-state index contributed by atoms with van der Waals surface area (Å²) in [5, 5.41) is 0. The Hall–Kier alpha value is -2.69. The van der Waals surface area contributed by atoms with E-state index < -0.39 is 0 Å². The molecule has 1 atom stereocenters. The summed E-state index contributed by atoms with van der Waals surface area (Å²) < 4.78 is 2.17. The number of carbonyl (C=O) groups excluding carboxylic acids is 1. The van der Waals surface area contributed by atoms with Crippen LogP contribution in [0.5, 0.6) is 0 Å².